The molecule has 0 spiro atoms. The topological polar surface area (TPSA) is 24.7 Å². The van der Waals surface area contributed by atoms with Gasteiger partial charge >= 0.3 is 0 Å². The highest BCUT2D eigenvalue weighted by atomic mass is 79.9. The number of benzene rings is 1. The van der Waals surface area contributed by atoms with Crippen molar-refractivity contribution >= 4 is 54.5 Å². The Labute approximate surface area is 158 Å². The molecule has 0 amide bonds. The van der Waals surface area contributed by atoms with Crippen LogP contribution in [0.3, 0.4) is 0 Å². The summed E-state index contributed by atoms with van der Waals surface area (Å²) >= 11 is 10.5. The zero-order chi connectivity index (χ0) is 16.2. The normalized spacial score (nSPS) is 15.1. The number of thiophene rings is 2. The second-order valence-corrected chi connectivity index (χ2v) is 10.7. The fourth-order valence-electron chi connectivity index (χ4n) is 2.69. The van der Waals surface area contributed by atoms with Crippen LogP contribution in [-0.4, -0.2) is 5.66 Å². The number of rotatable bonds is 2. The minimum atomic E-state index is -0.407. The van der Waals surface area contributed by atoms with E-state index < -0.39 is 5.66 Å². The minimum absolute atomic E-state index is 0.407. The zero-order valence-corrected chi connectivity index (χ0v) is 17.2. The highest BCUT2D eigenvalue weighted by Gasteiger charge is 2.23. The van der Waals surface area contributed by atoms with Crippen LogP contribution in [0.25, 0.3) is 20.9 Å². The smallest absolute Gasteiger partial charge is 0.146 e. The molecule has 2 aromatic heterocycles. The first-order chi connectivity index (χ1) is 10.9. The lowest BCUT2D eigenvalue weighted by Gasteiger charge is -2.07. The van der Waals surface area contributed by atoms with Gasteiger partial charge in [-0.05, 0) is 70.0 Å². The molecule has 1 aliphatic heterocycles. The Morgan fingerprint density at radius 1 is 0.739 bits per heavy atom. The highest BCUT2D eigenvalue weighted by molar-refractivity contribution is 9.11. The monoisotopic (exact) mass is 466 g/mol. The van der Waals surface area contributed by atoms with Gasteiger partial charge < -0.3 is 0 Å². The molecule has 0 aliphatic carbocycles. The summed E-state index contributed by atoms with van der Waals surface area (Å²) in [5.74, 6) is 0. The Kier molecular flexibility index (Phi) is 3.83. The van der Waals surface area contributed by atoms with E-state index in [0.717, 1.165) is 29.4 Å². The number of halogens is 2. The largest absolute Gasteiger partial charge is 0.253 e. The van der Waals surface area contributed by atoms with Crippen LogP contribution in [0.2, 0.25) is 0 Å². The molecular weight excluding hydrogens is 456 g/mol. The van der Waals surface area contributed by atoms with Gasteiger partial charge in [0.25, 0.3) is 0 Å². The second-order valence-electron chi connectivity index (χ2n) is 5.78. The Balaban J connectivity index is 2.02. The first-order valence-corrected chi connectivity index (χ1v) is 10.3. The van der Waals surface area contributed by atoms with E-state index in [9.17, 15) is 0 Å². The van der Waals surface area contributed by atoms with Crippen LogP contribution >= 0.6 is 54.5 Å². The molecule has 4 rings (SSSR count). The summed E-state index contributed by atoms with van der Waals surface area (Å²) in [5, 5.41) is 2.01. The standard InChI is InChI=1S/C17H12Br2N2S2/c1-17(2)20-15-9(11-5-7-13(18)22-11)3-4-10(16(15)21-17)12-6-8-14(19)23-12/h3-8H,1-2H3. The molecule has 0 radical (unpaired) electrons. The predicted octanol–water partition coefficient (Wildman–Crippen LogP) is 5.66. The Morgan fingerprint density at radius 2 is 1.17 bits per heavy atom. The van der Waals surface area contributed by atoms with Crippen LogP contribution in [0.4, 0.5) is 0 Å². The SMILES string of the molecule is CC1(C)N=c2c(-c3ccc(Br)s3)ccc(-c3ccc(Br)s3)c2=N1. The fourth-order valence-corrected chi connectivity index (χ4v) is 5.52. The molecule has 0 bridgehead atoms. The lowest BCUT2D eigenvalue weighted by atomic mass is 10.1. The Bertz CT molecular complexity index is 950. The third kappa shape index (κ3) is 2.86. The van der Waals surface area contributed by atoms with Crippen molar-refractivity contribution in [2.24, 2.45) is 9.98 Å². The van der Waals surface area contributed by atoms with Gasteiger partial charge in [0.1, 0.15) is 5.66 Å². The number of hydrogen-bond acceptors (Lipinski definition) is 4. The second kappa shape index (κ2) is 5.62. The van der Waals surface area contributed by atoms with Gasteiger partial charge in [-0.15, -0.1) is 22.7 Å². The van der Waals surface area contributed by atoms with Crippen LogP contribution in [0.5, 0.6) is 0 Å². The van der Waals surface area contributed by atoms with E-state index in [4.69, 9.17) is 9.98 Å². The quantitative estimate of drug-likeness (QED) is 0.464. The van der Waals surface area contributed by atoms with E-state index in [1.165, 1.54) is 9.75 Å². The summed E-state index contributed by atoms with van der Waals surface area (Å²) in [7, 11) is 0. The highest BCUT2D eigenvalue weighted by Crippen LogP contribution is 2.33. The molecule has 3 aromatic rings. The maximum absolute atomic E-state index is 4.88. The zero-order valence-electron chi connectivity index (χ0n) is 12.4. The Hall–Kier alpha value is -0.820. The van der Waals surface area contributed by atoms with Gasteiger partial charge in [0.15, 0.2) is 0 Å². The Morgan fingerprint density at radius 3 is 1.52 bits per heavy atom. The van der Waals surface area contributed by atoms with Crippen molar-refractivity contribution < 1.29 is 0 Å². The van der Waals surface area contributed by atoms with Crippen molar-refractivity contribution in [1.29, 1.82) is 0 Å². The van der Waals surface area contributed by atoms with Gasteiger partial charge in [-0.1, -0.05) is 12.1 Å². The maximum atomic E-state index is 4.88. The van der Waals surface area contributed by atoms with Crippen LogP contribution in [-0.2, 0) is 0 Å². The lowest BCUT2D eigenvalue weighted by molar-refractivity contribution is 0.549. The van der Waals surface area contributed by atoms with Gasteiger partial charge in [0.2, 0.25) is 0 Å². The van der Waals surface area contributed by atoms with Crippen LogP contribution < -0.4 is 10.7 Å². The van der Waals surface area contributed by atoms with Crippen LogP contribution in [0.1, 0.15) is 13.8 Å². The lowest BCUT2D eigenvalue weighted by Crippen LogP contribution is -2.25. The van der Waals surface area contributed by atoms with E-state index in [-0.39, 0.29) is 0 Å². The summed E-state index contributed by atoms with van der Waals surface area (Å²) in [6, 6.07) is 12.8. The summed E-state index contributed by atoms with van der Waals surface area (Å²) in [6.45, 7) is 4.10. The molecule has 0 N–H and O–H groups in total. The molecule has 0 unspecified atom stereocenters. The van der Waals surface area contributed by atoms with Crippen LogP contribution in [0, 0.1) is 0 Å². The van der Waals surface area contributed by atoms with Crippen molar-refractivity contribution in [3.05, 3.63) is 54.7 Å². The molecule has 116 valence electrons. The van der Waals surface area contributed by atoms with E-state index in [1.807, 2.05) is 0 Å². The minimum Gasteiger partial charge on any atom is -0.253 e. The number of nitrogens with zero attached hydrogens (tertiary/aromatic N) is 2. The average Bonchev–Trinajstić information content (AvgIpc) is 3.15. The summed E-state index contributed by atoms with van der Waals surface area (Å²) in [4.78, 5) is 12.2. The van der Waals surface area contributed by atoms with Gasteiger partial charge in [-0.2, -0.15) is 0 Å². The summed E-state index contributed by atoms with van der Waals surface area (Å²) < 4.78 is 2.25. The van der Waals surface area contributed by atoms with E-state index in [2.05, 4.69) is 82.1 Å². The van der Waals surface area contributed by atoms with Crippen molar-refractivity contribution in [3.8, 4) is 20.9 Å². The number of fused-ring (bicyclic) bond motifs is 1. The molecule has 0 saturated heterocycles. The van der Waals surface area contributed by atoms with E-state index >= 15 is 0 Å². The van der Waals surface area contributed by atoms with Crippen molar-refractivity contribution in [1.82, 2.24) is 0 Å². The molecule has 2 nitrogen and oxygen atoms in total. The van der Waals surface area contributed by atoms with Gasteiger partial charge in [-0.25, -0.2) is 0 Å². The molecule has 6 heteroatoms. The number of hydrogen-bond donors (Lipinski definition) is 0. The van der Waals surface area contributed by atoms with E-state index in [1.54, 1.807) is 22.7 Å². The molecule has 3 heterocycles. The predicted molar refractivity (Wildman–Crippen MR) is 105 cm³/mol. The van der Waals surface area contributed by atoms with Gasteiger partial charge in [0.05, 0.1) is 18.3 Å². The van der Waals surface area contributed by atoms with Gasteiger partial charge in [0, 0.05) is 20.9 Å². The van der Waals surface area contributed by atoms with Crippen molar-refractivity contribution in [2.45, 2.75) is 19.5 Å². The third-order valence-corrected chi connectivity index (χ3v) is 6.91. The fraction of sp³-hybridized carbons (Fsp3) is 0.176. The average molecular weight is 468 g/mol. The molecule has 1 aliphatic rings. The van der Waals surface area contributed by atoms with E-state index in [0.29, 0.717) is 0 Å². The van der Waals surface area contributed by atoms with Crippen molar-refractivity contribution in [2.75, 3.05) is 0 Å². The third-order valence-electron chi connectivity index (χ3n) is 3.60. The molecule has 0 atom stereocenters. The molecule has 0 saturated carbocycles. The first kappa shape index (κ1) is 15.7. The maximum Gasteiger partial charge on any atom is 0.146 e. The van der Waals surface area contributed by atoms with Crippen LogP contribution in [0.15, 0.2) is 54.0 Å². The molecule has 1 aromatic carbocycles. The molecule has 0 fully saturated rings. The first-order valence-electron chi connectivity index (χ1n) is 7.07. The van der Waals surface area contributed by atoms with Crippen molar-refractivity contribution in [3.63, 3.8) is 0 Å². The summed E-state index contributed by atoms with van der Waals surface area (Å²) in [5.41, 5.74) is 1.91. The summed E-state index contributed by atoms with van der Waals surface area (Å²) in [6.07, 6.45) is 0. The molecule has 23 heavy (non-hydrogen) atoms. The van der Waals surface area contributed by atoms with Gasteiger partial charge in [-0.3, -0.25) is 9.98 Å². The molecular formula is C17H12Br2N2S2.